The van der Waals surface area contributed by atoms with Gasteiger partial charge in [0.05, 0.1) is 5.57 Å². The Balaban J connectivity index is 1.39. The maximum absolute atomic E-state index is 15.2. The van der Waals surface area contributed by atoms with Crippen molar-refractivity contribution in [3.63, 3.8) is 0 Å². The van der Waals surface area contributed by atoms with E-state index in [0.29, 0.717) is 27.8 Å². The third-order valence-corrected chi connectivity index (χ3v) is 8.82. The van der Waals surface area contributed by atoms with Crippen molar-refractivity contribution < 1.29 is 28.2 Å². The van der Waals surface area contributed by atoms with Crippen LogP contribution in [0.2, 0.25) is 0 Å². The van der Waals surface area contributed by atoms with Gasteiger partial charge in [-0.2, -0.15) is 0 Å². The van der Waals surface area contributed by atoms with Crippen molar-refractivity contribution in [3.8, 4) is 5.75 Å². The van der Waals surface area contributed by atoms with Gasteiger partial charge in [0.1, 0.15) is 35.3 Å². The van der Waals surface area contributed by atoms with Crippen molar-refractivity contribution in [1.82, 2.24) is 10.2 Å². The second-order valence-electron chi connectivity index (χ2n) is 9.41. The number of amides is 1. The van der Waals surface area contributed by atoms with Crippen LogP contribution in [-0.2, 0) is 21.8 Å². The van der Waals surface area contributed by atoms with Crippen LogP contribution in [0.25, 0.3) is 5.76 Å². The number of aliphatic hydroxyl groups excluding tert-OH is 1. The summed E-state index contributed by atoms with van der Waals surface area (Å²) in [6, 6.07) is 15.6. The zero-order valence-electron chi connectivity index (χ0n) is 21.0. The van der Waals surface area contributed by atoms with Crippen molar-refractivity contribution in [2.75, 3.05) is 4.90 Å². The number of halogens is 2. The number of fused-ring (bicyclic) bond motifs is 1. The number of hydrogen-bond acceptors (Lipinski definition) is 8. The summed E-state index contributed by atoms with van der Waals surface area (Å²) in [5.74, 6) is -2.12. The highest BCUT2D eigenvalue weighted by Gasteiger charge is 2.49. The molecule has 0 radical (unpaired) electrons. The fourth-order valence-electron chi connectivity index (χ4n) is 4.83. The molecule has 4 aromatic rings. The highest BCUT2D eigenvalue weighted by atomic mass is 32.2. The van der Waals surface area contributed by atoms with Gasteiger partial charge in [-0.15, -0.1) is 10.2 Å². The normalized spacial score (nSPS) is 19.6. The van der Waals surface area contributed by atoms with E-state index in [1.165, 1.54) is 42.1 Å². The summed E-state index contributed by atoms with van der Waals surface area (Å²) in [6.07, 6.45) is 0.605. The van der Waals surface area contributed by atoms with Crippen molar-refractivity contribution >= 4 is 45.7 Å². The molecule has 2 aliphatic heterocycles. The first-order chi connectivity index (χ1) is 19.3. The molecule has 1 N–H and O–H groups in total. The van der Waals surface area contributed by atoms with Crippen molar-refractivity contribution in [2.45, 2.75) is 35.6 Å². The number of carbonyl (C=O) groups is 2. The standard InChI is InChI=1S/C29H21F2N3O4S2/c1-15-12-18-13-17(8-11-22(18)38-15)25(35)23-24(20-4-2-3-5-21(20)31)34(27(37)26(23)36)28-32-33-29(40-28)39-14-16-6-9-19(30)10-7-16/h2-11,13,15,24,35H,12,14H2,1H3/b25-23-. The van der Waals surface area contributed by atoms with Gasteiger partial charge in [-0.3, -0.25) is 14.5 Å². The fourth-order valence-corrected chi connectivity index (χ4v) is 6.65. The third-order valence-electron chi connectivity index (χ3n) is 6.69. The predicted molar refractivity (Wildman–Crippen MR) is 147 cm³/mol. The van der Waals surface area contributed by atoms with Crippen molar-refractivity contribution in [3.05, 3.63) is 106 Å². The Kier molecular flexibility index (Phi) is 6.85. The molecule has 6 rings (SSSR count). The second-order valence-corrected chi connectivity index (χ2v) is 11.6. The van der Waals surface area contributed by atoms with Crippen LogP contribution < -0.4 is 9.64 Å². The number of aliphatic hydroxyl groups is 1. The molecule has 2 atom stereocenters. The number of aromatic nitrogens is 2. The number of benzene rings is 3. The number of Topliss-reactive ketones (excluding diaryl/α,β-unsaturated/α-hetero) is 1. The maximum Gasteiger partial charge on any atom is 0.301 e. The van der Waals surface area contributed by atoms with E-state index in [9.17, 15) is 19.1 Å². The summed E-state index contributed by atoms with van der Waals surface area (Å²) >= 11 is 2.39. The Morgan fingerprint density at radius 3 is 2.65 bits per heavy atom. The van der Waals surface area contributed by atoms with Crippen LogP contribution in [0.15, 0.2) is 76.6 Å². The summed E-state index contributed by atoms with van der Waals surface area (Å²) in [5.41, 5.74) is 1.85. The maximum atomic E-state index is 15.2. The van der Waals surface area contributed by atoms with E-state index >= 15 is 4.39 Å². The lowest BCUT2D eigenvalue weighted by Gasteiger charge is -2.22. The van der Waals surface area contributed by atoms with Gasteiger partial charge in [-0.05, 0) is 54.4 Å². The SMILES string of the molecule is CC1Cc2cc(/C(O)=C3/C(=O)C(=O)N(c4nnc(SCc5ccc(F)cc5)s4)C3c3ccccc3F)ccc2O1. The molecular weight excluding hydrogens is 556 g/mol. The molecule has 7 nitrogen and oxygen atoms in total. The number of nitrogens with zero attached hydrogens (tertiary/aromatic N) is 3. The molecule has 0 spiro atoms. The smallest absolute Gasteiger partial charge is 0.301 e. The molecule has 2 unspecified atom stereocenters. The van der Waals surface area contributed by atoms with Gasteiger partial charge in [-0.1, -0.05) is 53.4 Å². The van der Waals surface area contributed by atoms with Crippen LogP contribution in [0.4, 0.5) is 13.9 Å². The molecule has 1 amide bonds. The molecule has 11 heteroatoms. The minimum Gasteiger partial charge on any atom is -0.507 e. The van der Waals surface area contributed by atoms with Crippen molar-refractivity contribution in [1.29, 1.82) is 0 Å². The lowest BCUT2D eigenvalue weighted by Crippen LogP contribution is -2.29. The van der Waals surface area contributed by atoms with E-state index in [4.69, 9.17) is 4.74 Å². The number of hydrogen-bond donors (Lipinski definition) is 1. The Morgan fingerprint density at radius 1 is 1.10 bits per heavy atom. The van der Waals surface area contributed by atoms with E-state index in [1.807, 2.05) is 6.92 Å². The molecular formula is C29H21F2N3O4S2. The number of carbonyl (C=O) groups excluding carboxylic acids is 2. The van der Waals surface area contributed by atoms with Crippen LogP contribution in [0, 0.1) is 11.6 Å². The van der Waals surface area contributed by atoms with Gasteiger partial charge in [0.2, 0.25) is 5.13 Å². The molecule has 3 heterocycles. The number of thioether (sulfide) groups is 1. The average molecular weight is 578 g/mol. The topological polar surface area (TPSA) is 92.6 Å². The molecule has 3 aromatic carbocycles. The molecule has 1 fully saturated rings. The van der Waals surface area contributed by atoms with Crippen LogP contribution in [-0.4, -0.2) is 33.1 Å². The molecule has 1 aromatic heterocycles. The van der Waals surface area contributed by atoms with Crippen LogP contribution in [0.3, 0.4) is 0 Å². The van der Waals surface area contributed by atoms with Crippen LogP contribution >= 0.6 is 23.1 Å². The first kappa shape index (κ1) is 26.1. The first-order valence-electron chi connectivity index (χ1n) is 12.4. The van der Waals surface area contributed by atoms with E-state index in [1.54, 1.807) is 36.4 Å². The zero-order chi connectivity index (χ0) is 28.0. The molecule has 202 valence electrons. The Hall–Kier alpha value is -4.09. The Labute approximate surface area is 236 Å². The van der Waals surface area contributed by atoms with E-state index in [0.717, 1.165) is 27.4 Å². The summed E-state index contributed by atoms with van der Waals surface area (Å²) in [5, 5.41) is 19.7. The molecule has 0 bridgehead atoms. The predicted octanol–water partition coefficient (Wildman–Crippen LogP) is 6.06. The number of ketones is 1. The second kappa shape index (κ2) is 10.5. The molecule has 0 saturated carbocycles. The average Bonchev–Trinajstić information content (AvgIpc) is 3.63. The minimum atomic E-state index is -1.26. The molecule has 2 aliphatic rings. The van der Waals surface area contributed by atoms with Gasteiger partial charge < -0.3 is 9.84 Å². The van der Waals surface area contributed by atoms with Crippen LogP contribution in [0.5, 0.6) is 5.75 Å². The monoisotopic (exact) mass is 577 g/mol. The Bertz CT molecular complexity index is 1670. The van der Waals surface area contributed by atoms with Gasteiger partial charge in [0, 0.05) is 23.3 Å². The quantitative estimate of drug-likeness (QED) is 0.0980. The number of anilines is 1. The van der Waals surface area contributed by atoms with Crippen LogP contribution in [0.1, 0.15) is 35.2 Å². The van der Waals surface area contributed by atoms with E-state index in [-0.39, 0.29) is 28.2 Å². The van der Waals surface area contributed by atoms with E-state index < -0.39 is 29.3 Å². The van der Waals surface area contributed by atoms with Gasteiger partial charge in [0.15, 0.2) is 4.34 Å². The summed E-state index contributed by atoms with van der Waals surface area (Å²) in [4.78, 5) is 27.9. The zero-order valence-corrected chi connectivity index (χ0v) is 22.6. The lowest BCUT2D eigenvalue weighted by atomic mass is 9.94. The minimum absolute atomic E-state index is 0.0242. The highest BCUT2D eigenvalue weighted by molar-refractivity contribution is 8.00. The highest BCUT2D eigenvalue weighted by Crippen LogP contribution is 2.45. The summed E-state index contributed by atoms with van der Waals surface area (Å²) in [7, 11) is 0. The molecule has 0 aliphatic carbocycles. The van der Waals surface area contributed by atoms with Crippen molar-refractivity contribution in [2.24, 2.45) is 0 Å². The molecule has 1 saturated heterocycles. The Morgan fingerprint density at radius 2 is 1.88 bits per heavy atom. The number of ether oxygens (including phenoxy) is 1. The molecule has 40 heavy (non-hydrogen) atoms. The lowest BCUT2D eigenvalue weighted by molar-refractivity contribution is -0.132. The van der Waals surface area contributed by atoms with Gasteiger partial charge >= 0.3 is 5.91 Å². The number of rotatable bonds is 6. The fraction of sp³-hybridized carbons (Fsp3) is 0.172. The summed E-state index contributed by atoms with van der Waals surface area (Å²) < 4.78 is 34.6. The summed E-state index contributed by atoms with van der Waals surface area (Å²) in [6.45, 7) is 1.93. The van der Waals surface area contributed by atoms with Gasteiger partial charge in [-0.25, -0.2) is 8.78 Å². The van der Waals surface area contributed by atoms with E-state index in [2.05, 4.69) is 10.2 Å². The third kappa shape index (κ3) is 4.75. The first-order valence-corrected chi connectivity index (χ1v) is 14.2. The largest absolute Gasteiger partial charge is 0.507 e. The van der Waals surface area contributed by atoms with Gasteiger partial charge in [0.25, 0.3) is 5.78 Å².